The lowest BCUT2D eigenvalue weighted by atomic mass is 10.1. The van der Waals surface area contributed by atoms with Crippen LogP contribution in [0.1, 0.15) is 17.3 Å². The number of benzene rings is 1. The first-order valence-corrected chi connectivity index (χ1v) is 5.00. The first kappa shape index (κ1) is 14.0. The van der Waals surface area contributed by atoms with Gasteiger partial charge in [0.25, 0.3) is 0 Å². The molecule has 0 spiro atoms. The van der Waals surface area contributed by atoms with Crippen LogP contribution in [0.15, 0.2) is 12.1 Å². The molecule has 0 unspecified atom stereocenters. The molecule has 1 rings (SSSR count). The van der Waals surface area contributed by atoms with Crippen LogP contribution in [0.3, 0.4) is 0 Å². The van der Waals surface area contributed by atoms with Gasteiger partial charge < -0.3 is 15.8 Å². The first-order valence-electron chi connectivity index (χ1n) is 5.00. The quantitative estimate of drug-likeness (QED) is 0.793. The maximum absolute atomic E-state index is 13.4. The summed E-state index contributed by atoms with van der Waals surface area (Å²) in [4.78, 5) is 22.5. The summed E-state index contributed by atoms with van der Waals surface area (Å²) in [7, 11) is 1.06. The van der Waals surface area contributed by atoms with Gasteiger partial charge in [-0.1, -0.05) is 0 Å². The highest BCUT2D eigenvalue weighted by molar-refractivity contribution is 5.96. The predicted octanol–water partition coefficient (Wildman–Crippen LogP) is 1.04. The second-order valence-electron chi connectivity index (χ2n) is 3.58. The third kappa shape index (κ3) is 3.01. The molecule has 0 aliphatic rings. The van der Waals surface area contributed by atoms with Gasteiger partial charge in [0.15, 0.2) is 0 Å². The number of carbonyl (C=O) groups excluding carboxylic acids is 2. The largest absolute Gasteiger partial charge is 0.465 e. The van der Waals surface area contributed by atoms with Crippen LogP contribution in [0.4, 0.5) is 14.5 Å². The van der Waals surface area contributed by atoms with Gasteiger partial charge in [-0.15, -0.1) is 0 Å². The minimum Gasteiger partial charge on any atom is -0.465 e. The van der Waals surface area contributed by atoms with E-state index in [0.29, 0.717) is 6.07 Å². The van der Waals surface area contributed by atoms with Crippen molar-refractivity contribution in [2.75, 3.05) is 12.4 Å². The van der Waals surface area contributed by atoms with E-state index in [9.17, 15) is 18.4 Å². The molecule has 0 saturated carbocycles. The van der Waals surface area contributed by atoms with Crippen molar-refractivity contribution in [1.82, 2.24) is 0 Å². The summed E-state index contributed by atoms with van der Waals surface area (Å²) in [6, 6.07) is 0.482. The SMILES string of the molecule is COC(=O)c1cc(NC(=O)[C@@H](C)N)c(F)cc1F. The Kier molecular flexibility index (Phi) is 4.33. The van der Waals surface area contributed by atoms with Crippen LogP contribution < -0.4 is 11.1 Å². The maximum Gasteiger partial charge on any atom is 0.340 e. The summed E-state index contributed by atoms with van der Waals surface area (Å²) < 4.78 is 31.0. The van der Waals surface area contributed by atoms with E-state index >= 15 is 0 Å². The number of esters is 1. The summed E-state index contributed by atoms with van der Waals surface area (Å²) in [6.45, 7) is 1.40. The van der Waals surface area contributed by atoms with E-state index in [4.69, 9.17) is 5.73 Å². The summed E-state index contributed by atoms with van der Waals surface area (Å²) in [5.41, 5.74) is 4.48. The number of carbonyl (C=O) groups is 2. The van der Waals surface area contributed by atoms with E-state index in [1.807, 2.05) is 0 Å². The van der Waals surface area contributed by atoms with E-state index in [0.717, 1.165) is 13.2 Å². The van der Waals surface area contributed by atoms with E-state index in [2.05, 4.69) is 10.1 Å². The van der Waals surface area contributed by atoms with Crippen molar-refractivity contribution in [3.63, 3.8) is 0 Å². The predicted molar refractivity (Wildman–Crippen MR) is 60.0 cm³/mol. The zero-order valence-corrected chi connectivity index (χ0v) is 9.79. The van der Waals surface area contributed by atoms with Crippen molar-refractivity contribution in [3.8, 4) is 0 Å². The summed E-state index contributed by atoms with van der Waals surface area (Å²) in [5, 5.41) is 2.14. The highest BCUT2D eigenvalue weighted by Crippen LogP contribution is 2.20. The lowest BCUT2D eigenvalue weighted by Crippen LogP contribution is -2.32. The van der Waals surface area contributed by atoms with Gasteiger partial charge in [0.05, 0.1) is 24.4 Å². The van der Waals surface area contributed by atoms with Gasteiger partial charge in [-0.3, -0.25) is 4.79 Å². The molecule has 1 amide bonds. The van der Waals surface area contributed by atoms with Crippen molar-refractivity contribution < 1.29 is 23.1 Å². The lowest BCUT2D eigenvalue weighted by molar-refractivity contribution is -0.117. The fourth-order valence-electron chi connectivity index (χ4n) is 1.16. The maximum atomic E-state index is 13.4. The van der Waals surface area contributed by atoms with Gasteiger partial charge in [0.2, 0.25) is 5.91 Å². The second-order valence-corrected chi connectivity index (χ2v) is 3.58. The van der Waals surface area contributed by atoms with Gasteiger partial charge in [-0.05, 0) is 13.0 Å². The average molecular weight is 258 g/mol. The number of amides is 1. The molecule has 0 bridgehead atoms. The fourth-order valence-corrected chi connectivity index (χ4v) is 1.16. The molecule has 0 heterocycles. The van der Waals surface area contributed by atoms with Crippen molar-refractivity contribution in [3.05, 3.63) is 29.3 Å². The number of hydrogen-bond acceptors (Lipinski definition) is 4. The lowest BCUT2D eigenvalue weighted by Gasteiger charge is -2.10. The Hall–Kier alpha value is -2.02. The molecule has 1 atom stereocenters. The number of ether oxygens (including phenoxy) is 1. The third-order valence-electron chi connectivity index (χ3n) is 2.13. The van der Waals surface area contributed by atoms with E-state index in [1.54, 1.807) is 0 Å². The molecule has 0 radical (unpaired) electrons. The summed E-state index contributed by atoms with van der Waals surface area (Å²) >= 11 is 0. The monoisotopic (exact) mass is 258 g/mol. The number of anilines is 1. The van der Waals surface area contributed by atoms with Crippen LogP contribution in [0.2, 0.25) is 0 Å². The van der Waals surface area contributed by atoms with Crippen molar-refractivity contribution in [2.24, 2.45) is 5.73 Å². The number of hydrogen-bond donors (Lipinski definition) is 2. The third-order valence-corrected chi connectivity index (χ3v) is 2.13. The van der Waals surface area contributed by atoms with Gasteiger partial charge in [0.1, 0.15) is 11.6 Å². The molecule has 0 saturated heterocycles. The van der Waals surface area contributed by atoms with Gasteiger partial charge >= 0.3 is 5.97 Å². The standard InChI is InChI=1S/C11H12F2N2O3/c1-5(14)10(16)15-9-3-6(11(17)18-2)7(12)4-8(9)13/h3-5H,14H2,1-2H3,(H,15,16)/t5-/m1/s1. The van der Waals surface area contributed by atoms with Gasteiger partial charge in [0, 0.05) is 6.07 Å². The normalized spacial score (nSPS) is 11.8. The number of nitrogens with one attached hydrogen (secondary N) is 1. The second kappa shape index (κ2) is 5.54. The van der Waals surface area contributed by atoms with Gasteiger partial charge in [-0.25, -0.2) is 13.6 Å². The molecule has 1 aromatic carbocycles. The summed E-state index contributed by atoms with van der Waals surface area (Å²) in [5.74, 6) is -3.70. The molecular formula is C11H12F2N2O3. The highest BCUT2D eigenvalue weighted by Gasteiger charge is 2.18. The van der Waals surface area contributed by atoms with Crippen LogP contribution in [-0.4, -0.2) is 25.0 Å². The van der Waals surface area contributed by atoms with Crippen LogP contribution in [0, 0.1) is 11.6 Å². The minimum atomic E-state index is -1.07. The van der Waals surface area contributed by atoms with E-state index in [-0.39, 0.29) is 5.69 Å². The molecule has 0 aliphatic carbocycles. The number of rotatable bonds is 3. The average Bonchev–Trinajstić information content (AvgIpc) is 2.31. The van der Waals surface area contributed by atoms with Crippen LogP contribution in [0.5, 0.6) is 0 Å². The van der Waals surface area contributed by atoms with Crippen LogP contribution in [0.25, 0.3) is 0 Å². The zero-order valence-electron chi connectivity index (χ0n) is 9.79. The molecule has 0 aliphatic heterocycles. The molecule has 3 N–H and O–H groups in total. The smallest absolute Gasteiger partial charge is 0.340 e. The topological polar surface area (TPSA) is 81.4 Å². The van der Waals surface area contributed by atoms with E-state index in [1.165, 1.54) is 6.92 Å². The Labute approximate surface area is 102 Å². The first-order chi connectivity index (χ1) is 8.36. The molecular weight excluding hydrogens is 246 g/mol. The Morgan fingerprint density at radius 1 is 1.33 bits per heavy atom. The molecule has 1 aromatic rings. The van der Waals surface area contributed by atoms with Crippen molar-refractivity contribution >= 4 is 17.6 Å². The van der Waals surface area contributed by atoms with Crippen molar-refractivity contribution in [2.45, 2.75) is 13.0 Å². The molecule has 0 fully saturated rings. The molecule has 7 heteroatoms. The molecule has 18 heavy (non-hydrogen) atoms. The Morgan fingerprint density at radius 2 is 1.94 bits per heavy atom. The highest BCUT2D eigenvalue weighted by atomic mass is 19.1. The van der Waals surface area contributed by atoms with Crippen LogP contribution in [-0.2, 0) is 9.53 Å². The number of methoxy groups -OCH3 is 1. The van der Waals surface area contributed by atoms with Gasteiger partial charge in [-0.2, -0.15) is 0 Å². The number of nitrogens with two attached hydrogens (primary N) is 1. The molecule has 0 aromatic heterocycles. The summed E-state index contributed by atoms with van der Waals surface area (Å²) in [6.07, 6.45) is 0. The molecule has 98 valence electrons. The van der Waals surface area contributed by atoms with Crippen LogP contribution >= 0.6 is 0 Å². The Morgan fingerprint density at radius 3 is 2.44 bits per heavy atom. The fraction of sp³-hybridized carbons (Fsp3) is 0.273. The van der Waals surface area contributed by atoms with Crippen molar-refractivity contribution in [1.29, 1.82) is 0 Å². The molecule has 5 nitrogen and oxygen atoms in total. The Bertz CT molecular complexity index is 489. The Balaban J connectivity index is 3.13. The minimum absolute atomic E-state index is 0.334. The zero-order chi connectivity index (χ0) is 13.9. The van der Waals surface area contributed by atoms with E-state index < -0.39 is 35.1 Å². The number of halogens is 2.